The van der Waals surface area contributed by atoms with Crippen molar-refractivity contribution in [3.63, 3.8) is 0 Å². The molecule has 150 valence electrons. The molecule has 1 unspecified atom stereocenters. The van der Waals surface area contributed by atoms with Gasteiger partial charge >= 0.3 is 0 Å². The van der Waals surface area contributed by atoms with Crippen LogP contribution in [0.4, 0.5) is 5.69 Å². The number of hydrogen-bond donors (Lipinski definition) is 2. The summed E-state index contributed by atoms with van der Waals surface area (Å²) in [5, 5.41) is 26.3. The summed E-state index contributed by atoms with van der Waals surface area (Å²) in [5.41, 5.74) is 1.54. The smallest absolute Gasteiger partial charge is 0.287 e. The second-order valence-electron chi connectivity index (χ2n) is 6.43. The van der Waals surface area contributed by atoms with Gasteiger partial charge in [0.1, 0.15) is 23.5 Å². The largest absolute Gasteiger partial charge is 0.491 e. The summed E-state index contributed by atoms with van der Waals surface area (Å²) in [5.74, 6) is 0.654. The molecule has 2 aromatic rings. The maximum Gasteiger partial charge on any atom is 0.287 e. The van der Waals surface area contributed by atoms with Crippen molar-refractivity contribution in [2.75, 3.05) is 18.5 Å². The third kappa shape index (κ3) is 5.72. The zero-order valence-corrected chi connectivity index (χ0v) is 16.9. The van der Waals surface area contributed by atoms with Gasteiger partial charge in [0, 0.05) is 13.1 Å². The predicted molar refractivity (Wildman–Crippen MR) is 109 cm³/mol. The van der Waals surface area contributed by atoms with Crippen molar-refractivity contribution in [1.82, 2.24) is 9.78 Å². The first-order valence-electron chi connectivity index (χ1n) is 9.33. The summed E-state index contributed by atoms with van der Waals surface area (Å²) in [6.45, 7) is 4.71. The quantitative estimate of drug-likeness (QED) is 0.631. The van der Waals surface area contributed by atoms with Gasteiger partial charge in [0.2, 0.25) is 0 Å². The number of hydrogen-bond acceptors (Lipinski definition) is 6. The van der Waals surface area contributed by atoms with Crippen LogP contribution in [-0.4, -0.2) is 34.1 Å². The van der Waals surface area contributed by atoms with Crippen LogP contribution >= 0.6 is 11.6 Å². The second-order valence-corrected chi connectivity index (χ2v) is 6.81. The summed E-state index contributed by atoms with van der Waals surface area (Å²) in [7, 11) is 0. The number of aliphatic hydroxyl groups excluding tert-OH is 1. The minimum Gasteiger partial charge on any atom is -0.491 e. The van der Waals surface area contributed by atoms with Gasteiger partial charge in [-0.05, 0) is 36.6 Å². The van der Waals surface area contributed by atoms with Crippen molar-refractivity contribution in [3.8, 4) is 11.8 Å². The Kier molecular flexibility index (Phi) is 8.30. The SMILES string of the molecule is CCCc1cc(C#N)ccc1OCC(O)CNc1cnn(CCC)c(=O)c1Cl. The first-order valence-corrected chi connectivity index (χ1v) is 9.71. The summed E-state index contributed by atoms with van der Waals surface area (Å²) < 4.78 is 7.04. The third-order valence-corrected chi connectivity index (χ3v) is 4.45. The van der Waals surface area contributed by atoms with Crippen molar-refractivity contribution < 1.29 is 9.84 Å². The lowest BCUT2D eigenvalue weighted by molar-refractivity contribution is 0.117. The zero-order chi connectivity index (χ0) is 20.5. The van der Waals surface area contributed by atoms with Crippen molar-refractivity contribution in [1.29, 1.82) is 5.26 Å². The maximum atomic E-state index is 12.1. The second kappa shape index (κ2) is 10.7. The Morgan fingerprint density at radius 3 is 2.86 bits per heavy atom. The lowest BCUT2D eigenvalue weighted by atomic mass is 10.1. The topological polar surface area (TPSA) is 100 Å². The summed E-state index contributed by atoms with van der Waals surface area (Å²) in [6, 6.07) is 7.36. The van der Waals surface area contributed by atoms with Crippen LogP contribution in [0.3, 0.4) is 0 Å². The monoisotopic (exact) mass is 404 g/mol. The summed E-state index contributed by atoms with van der Waals surface area (Å²) in [4.78, 5) is 12.1. The Labute approximate surface area is 169 Å². The molecule has 1 atom stereocenters. The molecule has 0 aliphatic heterocycles. The van der Waals surface area contributed by atoms with Crippen LogP contribution in [0.2, 0.25) is 5.02 Å². The molecule has 28 heavy (non-hydrogen) atoms. The predicted octanol–water partition coefficient (Wildman–Crippen LogP) is 2.98. The molecular formula is C20H25ClN4O3. The van der Waals surface area contributed by atoms with Crippen LogP contribution in [0.1, 0.15) is 37.8 Å². The van der Waals surface area contributed by atoms with Crippen LogP contribution in [-0.2, 0) is 13.0 Å². The number of ether oxygens (including phenoxy) is 1. The zero-order valence-electron chi connectivity index (χ0n) is 16.1. The number of nitriles is 1. The van der Waals surface area contributed by atoms with Gasteiger partial charge in [0.25, 0.3) is 5.56 Å². The molecule has 0 radical (unpaired) electrons. The fourth-order valence-corrected chi connectivity index (χ4v) is 2.90. The van der Waals surface area contributed by atoms with Crippen LogP contribution < -0.4 is 15.6 Å². The molecule has 0 aliphatic carbocycles. The minimum absolute atomic E-state index is 0.0499. The minimum atomic E-state index is -0.820. The van der Waals surface area contributed by atoms with E-state index in [-0.39, 0.29) is 23.7 Å². The molecular weight excluding hydrogens is 380 g/mol. The fraction of sp³-hybridized carbons (Fsp3) is 0.450. The number of benzene rings is 1. The van der Waals surface area contributed by atoms with Crippen LogP contribution in [0.5, 0.6) is 5.75 Å². The van der Waals surface area contributed by atoms with Gasteiger partial charge in [-0.15, -0.1) is 0 Å². The van der Waals surface area contributed by atoms with E-state index in [9.17, 15) is 9.90 Å². The molecule has 8 heteroatoms. The summed E-state index contributed by atoms with van der Waals surface area (Å²) >= 11 is 6.10. The highest BCUT2D eigenvalue weighted by Gasteiger charge is 2.12. The number of rotatable bonds is 10. The third-order valence-electron chi connectivity index (χ3n) is 4.09. The van der Waals surface area contributed by atoms with Crippen molar-refractivity contribution in [2.24, 2.45) is 0 Å². The Hall–Kier alpha value is -2.56. The molecule has 1 aromatic carbocycles. The van der Waals surface area contributed by atoms with E-state index in [4.69, 9.17) is 21.6 Å². The van der Waals surface area contributed by atoms with Crippen molar-refractivity contribution >= 4 is 17.3 Å². The molecule has 2 rings (SSSR count). The Balaban J connectivity index is 1.95. The normalized spacial score (nSPS) is 11.7. The molecule has 0 aliphatic rings. The standard InChI is InChI=1S/C20H25ClN4O3/c1-3-5-15-9-14(10-22)6-7-18(15)28-13-16(26)11-23-17-12-24-25(8-4-2)20(27)19(17)21/h6-7,9,12,16,23,26H,3-5,8,11,13H2,1-2H3. The number of aryl methyl sites for hydroxylation is 2. The highest BCUT2D eigenvalue weighted by atomic mass is 35.5. The molecule has 2 N–H and O–H groups in total. The van der Waals surface area contributed by atoms with Gasteiger partial charge in [0.15, 0.2) is 0 Å². The number of halogens is 1. The molecule has 1 aromatic heterocycles. The van der Waals surface area contributed by atoms with E-state index in [0.29, 0.717) is 23.5 Å². The number of nitrogens with one attached hydrogen (secondary N) is 1. The summed E-state index contributed by atoms with van der Waals surface area (Å²) in [6.07, 6.45) is 3.15. The van der Waals surface area contributed by atoms with E-state index >= 15 is 0 Å². The van der Waals surface area contributed by atoms with Crippen molar-refractivity contribution in [2.45, 2.75) is 45.8 Å². The molecule has 0 bridgehead atoms. The van der Waals surface area contributed by atoms with E-state index in [2.05, 4.69) is 16.5 Å². The molecule has 7 nitrogen and oxygen atoms in total. The molecule has 0 saturated heterocycles. The molecule has 0 saturated carbocycles. The Morgan fingerprint density at radius 2 is 2.18 bits per heavy atom. The van der Waals surface area contributed by atoms with Gasteiger partial charge in [-0.1, -0.05) is 31.9 Å². The molecule has 0 fully saturated rings. The first kappa shape index (κ1) is 21.7. The van der Waals surface area contributed by atoms with Gasteiger partial charge < -0.3 is 15.2 Å². The number of nitrogens with zero attached hydrogens (tertiary/aromatic N) is 3. The molecule has 1 heterocycles. The van der Waals surface area contributed by atoms with E-state index < -0.39 is 6.10 Å². The Bertz CT molecular complexity index is 892. The van der Waals surface area contributed by atoms with E-state index in [1.807, 2.05) is 13.8 Å². The van der Waals surface area contributed by atoms with E-state index in [0.717, 1.165) is 24.8 Å². The van der Waals surface area contributed by atoms with E-state index in [1.54, 1.807) is 18.2 Å². The van der Waals surface area contributed by atoms with Crippen LogP contribution in [0.25, 0.3) is 0 Å². The van der Waals surface area contributed by atoms with E-state index in [1.165, 1.54) is 10.9 Å². The van der Waals surface area contributed by atoms with Crippen molar-refractivity contribution in [3.05, 3.63) is 50.9 Å². The van der Waals surface area contributed by atoms with Gasteiger partial charge in [-0.25, -0.2) is 4.68 Å². The average molecular weight is 405 g/mol. The average Bonchev–Trinajstić information content (AvgIpc) is 2.70. The fourth-order valence-electron chi connectivity index (χ4n) is 2.69. The van der Waals surface area contributed by atoms with Crippen LogP contribution in [0.15, 0.2) is 29.2 Å². The van der Waals surface area contributed by atoms with Gasteiger partial charge in [-0.2, -0.15) is 10.4 Å². The lowest BCUT2D eigenvalue weighted by Crippen LogP contribution is -2.29. The molecule has 0 spiro atoms. The molecule has 0 amide bonds. The number of anilines is 1. The number of aromatic nitrogens is 2. The van der Waals surface area contributed by atoms with Crippen LogP contribution in [0, 0.1) is 11.3 Å². The highest BCUT2D eigenvalue weighted by Crippen LogP contribution is 2.22. The maximum absolute atomic E-state index is 12.1. The lowest BCUT2D eigenvalue weighted by Gasteiger charge is -2.16. The first-order chi connectivity index (χ1) is 13.5. The Morgan fingerprint density at radius 1 is 1.39 bits per heavy atom. The van der Waals surface area contributed by atoms with Gasteiger partial charge in [-0.3, -0.25) is 4.79 Å². The van der Waals surface area contributed by atoms with Gasteiger partial charge in [0.05, 0.1) is 23.5 Å². The highest BCUT2D eigenvalue weighted by molar-refractivity contribution is 6.32. The number of aliphatic hydroxyl groups is 1.